The predicted octanol–water partition coefficient (Wildman–Crippen LogP) is 1.17. The van der Waals surface area contributed by atoms with Gasteiger partial charge in [-0.25, -0.2) is 0 Å². The Morgan fingerprint density at radius 2 is 2.07 bits per heavy atom. The normalized spacial score (nSPS) is 14.4. The van der Waals surface area contributed by atoms with Gasteiger partial charge in [0.2, 0.25) is 0 Å². The minimum absolute atomic E-state index is 0.0551. The molecule has 0 amide bonds. The summed E-state index contributed by atoms with van der Waals surface area (Å²) < 4.78 is 1.69. The van der Waals surface area contributed by atoms with Crippen molar-refractivity contribution in [3.05, 3.63) is 24.2 Å². The SMILES string of the molecule is CC(C)(C)C(N)c1nnc2cccnn12. The van der Waals surface area contributed by atoms with Gasteiger partial charge < -0.3 is 5.73 Å². The van der Waals surface area contributed by atoms with Crippen LogP contribution in [-0.4, -0.2) is 19.8 Å². The highest BCUT2D eigenvalue weighted by Gasteiger charge is 2.26. The Labute approximate surface area is 88.3 Å². The molecule has 0 aromatic carbocycles. The third-order valence-electron chi connectivity index (χ3n) is 2.41. The van der Waals surface area contributed by atoms with E-state index in [-0.39, 0.29) is 11.5 Å². The fourth-order valence-electron chi connectivity index (χ4n) is 1.34. The number of hydrogen-bond donors (Lipinski definition) is 1. The Morgan fingerprint density at radius 1 is 1.33 bits per heavy atom. The zero-order valence-electron chi connectivity index (χ0n) is 9.18. The minimum atomic E-state index is -0.178. The first-order valence-corrected chi connectivity index (χ1v) is 4.92. The third-order valence-corrected chi connectivity index (χ3v) is 2.41. The molecule has 1 atom stereocenters. The average Bonchev–Trinajstić information content (AvgIpc) is 2.58. The molecule has 0 aliphatic rings. The Hall–Kier alpha value is -1.49. The van der Waals surface area contributed by atoms with Crippen molar-refractivity contribution in [3.63, 3.8) is 0 Å². The molecule has 0 spiro atoms. The molecule has 2 aromatic heterocycles. The van der Waals surface area contributed by atoms with Gasteiger partial charge >= 0.3 is 0 Å². The van der Waals surface area contributed by atoms with E-state index >= 15 is 0 Å². The van der Waals surface area contributed by atoms with E-state index in [0.29, 0.717) is 5.82 Å². The van der Waals surface area contributed by atoms with Crippen molar-refractivity contribution in [1.82, 2.24) is 19.8 Å². The highest BCUT2D eigenvalue weighted by molar-refractivity contribution is 5.35. The van der Waals surface area contributed by atoms with Crippen molar-refractivity contribution in [2.45, 2.75) is 26.8 Å². The molecular weight excluding hydrogens is 190 g/mol. The third kappa shape index (κ3) is 1.70. The molecule has 0 aliphatic heterocycles. The van der Waals surface area contributed by atoms with Gasteiger partial charge in [0.25, 0.3) is 0 Å². The molecule has 0 saturated heterocycles. The summed E-state index contributed by atoms with van der Waals surface area (Å²) in [6.45, 7) is 6.21. The molecule has 0 saturated carbocycles. The van der Waals surface area contributed by atoms with Crippen LogP contribution < -0.4 is 5.73 Å². The first-order chi connectivity index (χ1) is 7.00. The fraction of sp³-hybridized carbons (Fsp3) is 0.500. The van der Waals surface area contributed by atoms with Crippen LogP contribution in [0.25, 0.3) is 5.65 Å². The van der Waals surface area contributed by atoms with E-state index in [0.717, 1.165) is 5.65 Å². The van der Waals surface area contributed by atoms with Crippen LogP contribution in [0.3, 0.4) is 0 Å². The molecular formula is C10H15N5. The molecule has 1 unspecified atom stereocenters. The molecule has 2 aromatic rings. The van der Waals surface area contributed by atoms with E-state index in [9.17, 15) is 0 Å². The molecule has 5 nitrogen and oxygen atoms in total. The molecule has 0 aliphatic carbocycles. The summed E-state index contributed by atoms with van der Waals surface area (Å²) in [5, 5.41) is 12.3. The first kappa shape index (κ1) is 10.0. The van der Waals surface area contributed by atoms with Crippen LogP contribution in [0.5, 0.6) is 0 Å². The molecule has 2 heterocycles. The maximum Gasteiger partial charge on any atom is 0.177 e. The summed E-state index contributed by atoms with van der Waals surface area (Å²) in [4.78, 5) is 0. The highest BCUT2D eigenvalue weighted by Crippen LogP contribution is 2.28. The van der Waals surface area contributed by atoms with Crippen LogP contribution in [0.1, 0.15) is 32.6 Å². The highest BCUT2D eigenvalue weighted by atomic mass is 15.4. The minimum Gasteiger partial charge on any atom is -0.321 e. The zero-order chi connectivity index (χ0) is 11.1. The second-order valence-corrected chi connectivity index (χ2v) is 4.70. The van der Waals surface area contributed by atoms with E-state index in [2.05, 4.69) is 36.1 Å². The van der Waals surface area contributed by atoms with Gasteiger partial charge in [0.05, 0.1) is 6.04 Å². The molecule has 0 fully saturated rings. The average molecular weight is 205 g/mol. The predicted molar refractivity (Wildman–Crippen MR) is 57.2 cm³/mol. The number of nitrogens with zero attached hydrogens (tertiary/aromatic N) is 4. The number of fused-ring (bicyclic) bond motifs is 1. The molecule has 80 valence electrons. The lowest BCUT2D eigenvalue weighted by Gasteiger charge is -2.24. The van der Waals surface area contributed by atoms with Gasteiger partial charge in [-0.2, -0.15) is 9.61 Å². The number of hydrogen-bond acceptors (Lipinski definition) is 4. The lowest BCUT2D eigenvalue weighted by Crippen LogP contribution is -2.28. The van der Waals surface area contributed by atoms with Crippen molar-refractivity contribution < 1.29 is 0 Å². The zero-order valence-corrected chi connectivity index (χ0v) is 9.18. The lowest BCUT2D eigenvalue weighted by atomic mass is 9.87. The summed E-state index contributed by atoms with van der Waals surface area (Å²) in [6.07, 6.45) is 1.70. The Kier molecular flexibility index (Phi) is 2.19. The summed E-state index contributed by atoms with van der Waals surface area (Å²) in [7, 11) is 0. The summed E-state index contributed by atoms with van der Waals surface area (Å²) in [5.41, 5.74) is 6.79. The van der Waals surface area contributed by atoms with Crippen molar-refractivity contribution in [3.8, 4) is 0 Å². The van der Waals surface area contributed by atoms with Crippen LogP contribution >= 0.6 is 0 Å². The van der Waals surface area contributed by atoms with Crippen molar-refractivity contribution in [1.29, 1.82) is 0 Å². The van der Waals surface area contributed by atoms with Gasteiger partial charge in [-0.15, -0.1) is 10.2 Å². The quantitative estimate of drug-likeness (QED) is 0.758. The van der Waals surface area contributed by atoms with Gasteiger partial charge in [-0.05, 0) is 17.5 Å². The maximum atomic E-state index is 6.12. The van der Waals surface area contributed by atoms with Crippen molar-refractivity contribution in [2.75, 3.05) is 0 Å². The molecule has 0 bridgehead atoms. The van der Waals surface area contributed by atoms with Crippen LogP contribution in [0.15, 0.2) is 18.3 Å². The standard InChI is InChI=1S/C10H15N5/c1-10(2,3)8(11)9-14-13-7-5-4-6-12-15(7)9/h4-6,8H,11H2,1-3H3. The van der Waals surface area contributed by atoms with E-state index in [1.165, 1.54) is 0 Å². The maximum absolute atomic E-state index is 6.12. The Bertz CT molecular complexity index is 468. The second kappa shape index (κ2) is 3.27. The number of rotatable bonds is 1. The summed E-state index contributed by atoms with van der Waals surface area (Å²) >= 11 is 0. The van der Waals surface area contributed by atoms with Crippen LogP contribution in [0, 0.1) is 5.41 Å². The van der Waals surface area contributed by atoms with Crippen LogP contribution in [-0.2, 0) is 0 Å². The number of nitrogens with two attached hydrogens (primary N) is 1. The van der Waals surface area contributed by atoms with E-state index in [1.807, 2.05) is 12.1 Å². The van der Waals surface area contributed by atoms with Gasteiger partial charge in [0.15, 0.2) is 11.5 Å². The van der Waals surface area contributed by atoms with Crippen LogP contribution in [0.2, 0.25) is 0 Å². The smallest absolute Gasteiger partial charge is 0.177 e. The first-order valence-electron chi connectivity index (χ1n) is 4.92. The lowest BCUT2D eigenvalue weighted by molar-refractivity contribution is 0.311. The van der Waals surface area contributed by atoms with Crippen LogP contribution in [0.4, 0.5) is 0 Å². The summed E-state index contributed by atoms with van der Waals surface area (Å²) in [5.74, 6) is 0.707. The molecule has 0 radical (unpaired) electrons. The summed E-state index contributed by atoms with van der Waals surface area (Å²) in [6, 6.07) is 3.51. The van der Waals surface area contributed by atoms with Crippen molar-refractivity contribution >= 4 is 5.65 Å². The Morgan fingerprint density at radius 3 is 2.73 bits per heavy atom. The van der Waals surface area contributed by atoms with E-state index in [4.69, 9.17) is 5.73 Å². The van der Waals surface area contributed by atoms with Crippen molar-refractivity contribution in [2.24, 2.45) is 11.1 Å². The molecule has 2 rings (SSSR count). The fourth-order valence-corrected chi connectivity index (χ4v) is 1.34. The van der Waals surface area contributed by atoms with E-state index in [1.54, 1.807) is 10.7 Å². The van der Waals surface area contributed by atoms with Gasteiger partial charge in [0, 0.05) is 6.20 Å². The van der Waals surface area contributed by atoms with Gasteiger partial charge in [0.1, 0.15) is 0 Å². The monoisotopic (exact) mass is 205 g/mol. The largest absolute Gasteiger partial charge is 0.321 e. The molecule has 2 N–H and O–H groups in total. The second-order valence-electron chi connectivity index (χ2n) is 4.70. The Balaban J connectivity index is 2.53. The van der Waals surface area contributed by atoms with Gasteiger partial charge in [-0.1, -0.05) is 20.8 Å². The van der Waals surface area contributed by atoms with E-state index < -0.39 is 0 Å². The molecule has 15 heavy (non-hydrogen) atoms. The number of aromatic nitrogens is 4. The topological polar surface area (TPSA) is 69.1 Å². The molecule has 5 heteroatoms. The van der Waals surface area contributed by atoms with Gasteiger partial charge in [-0.3, -0.25) is 0 Å².